The first kappa shape index (κ1) is 87.7. The molecule has 26 nitrogen and oxygen atoms in total. The molecule has 2 rings (SSSR count). The molecule has 0 saturated heterocycles. The molecule has 0 spiro atoms. The van der Waals surface area contributed by atoms with Crippen LogP contribution in [0.3, 0.4) is 0 Å². The van der Waals surface area contributed by atoms with Gasteiger partial charge in [0.05, 0.1) is 24.9 Å². The summed E-state index contributed by atoms with van der Waals surface area (Å²) in [4.78, 5) is 138. The Labute approximate surface area is 580 Å². The lowest BCUT2D eigenvalue weighted by Crippen LogP contribution is -2.46. The number of nitrogens with one attached hydrogen (secondary N) is 4. The van der Waals surface area contributed by atoms with Crippen LogP contribution in [0.5, 0.6) is 11.5 Å². The van der Waals surface area contributed by atoms with Crippen molar-refractivity contribution in [2.24, 2.45) is 56.6 Å². The number of esters is 2. The fourth-order valence-electron chi connectivity index (χ4n) is 10.7. The number of ketones is 4. The summed E-state index contributed by atoms with van der Waals surface area (Å²) in [5.74, 6) is -5.93. The number of ether oxygens (including phenoxy) is 4. The standard InChI is InChI=1S/2C36H59N5O8/c2*1-22-17-27(43)18-23(2)28(22)21-29(30(44)19-25(24(3)42)13-10-11-15-40-34(47)49-36(7,8)9)41-32(46)26(14-12-16-39-33(37)38)20-31(45)48-35(4,5)6/h2*17-18,25-26,29,43H,10-16,19-21H2,1-9H3,(H,40,47)(H,41,46)(H4,37,38,39). The number of unbranched alkanes of at least 4 members (excludes halogenated alkanes) is 2. The largest absolute Gasteiger partial charge is 0.508 e. The number of carbonyl (C=O) groups is 10. The second-order valence-corrected chi connectivity index (χ2v) is 29.3. The van der Waals surface area contributed by atoms with Crippen LogP contribution in [0.2, 0.25) is 0 Å². The van der Waals surface area contributed by atoms with E-state index in [1.54, 1.807) is 107 Å². The van der Waals surface area contributed by atoms with Gasteiger partial charge in [-0.05, 0) is 234 Å². The van der Waals surface area contributed by atoms with Gasteiger partial charge >= 0.3 is 24.1 Å². The molecule has 2 aromatic carbocycles. The number of benzene rings is 2. The average molecular weight is 1380 g/mol. The van der Waals surface area contributed by atoms with Crippen LogP contribution in [0.4, 0.5) is 9.59 Å². The van der Waals surface area contributed by atoms with Crippen LogP contribution in [0.1, 0.15) is 220 Å². The SMILES string of the molecule is CC(=O)C(CCCCNC(=O)OC(C)(C)C)CC(=O)C(Cc1c(C)cc(O)cc1C)NC(=O)C(CCCN=C(N)N)CC(=O)OC(C)(C)C.CC(=O)C(CCCCNC(=O)OC(C)(C)C)CC(=O)C(Cc1c(C)cc(O)cc1C)NC(=O)C(CCCN=C(N)N)CC(=O)OC(C)(C)C. The Morgan fingerprint density at radius 2 is 0.714 bits per heavy atom. The van der Waals surface area contributed by atoms with Crippen LogP contribution in [0.25, 0.3) is 0 Å². The first-order valence-electron chi connectivity index (χ1n) is 33.9. The zero-order valence-electron chi connectivity index (χ0n) is 61.7. The summed E-state index contributed by atoms with van der Waals surface area (Å²) in [5.41, 5.74) is 23.5. The first-order chi connectivity index (χ1) is 45.1. The van der Waals surface area contributed by atoms with Gasteiger partial charge in [-0.2, -0.15) is 0 Å². The van der Waals surface area contributed by atoms with Crippen LogP contribution >= 0.6 is 0 Å². The monoisotopic (exact) mass is 1380 g/mol. The van der Waals surface area contributed by atoms with Gasteiger partial charge in [0, 0.05) is 75.5 Å². The number of aliphatic imine (C=N–C) groups is 2. The second kappa shape index (κ2) is 41.8. The molecular weight excluding hydrogens is 1260 g/mol. The van der Waals surface area contributed by atoms with E-state index in [2.05, 4.69) is 31.3 Å². The minimum absolute atomic E-state index is 0.0849. The molecule has 0 saturated carbocycles. The summed E-state index contributed by atoms with van der Waals surface area (Å²) in [6, 6.07) is 4.33. The average Bonchev–Trinajstić information content (AvgIpc) is 0.837. The quantitative estimate of drug-likeness (QED) is 0.00988. The Balaban J connectivity index is 0.000000980. The third-order valence-corrected chi connectivity index (χ3v) is 15.3. The predicted molar refractivity (Wildman–Crippen MR) is 378 cm³/mol. The molecule has 0 aliphatic heterocycles. The highest BCUT2D eigenvalue weighted by Crippen LogP contribution is 2.28. The van der Waals surface area contributed by atoms with E-state index in [9.17, 15) is 58.2 Å². The van der Waals surface area contributed by atoms with Crippen LogP contribution in [-0.2, 0) is 70.1 Å². The summed E-state index contributed by atoms with van der Waals surface area (Å²) >= 11 is 0. The summed E-state index contributed by atoms with van der Waals surface area (Å²) in [5, 5.41) is 31.3. The number of phenolic OH excluding ortho intramolecular Hbond substituents is 2. The summed E-state index contributed by atoms with van der Waals surface area (Å²) in [7, 11) is 0. The van der Waals surface area contributed by atoms with Crippen molar-refractivity contribution < 1.29 is 77.1 Å². The third kappa shape index (κ3) is 39.2. The third-order valence-electron chi connectivity index (χ3n) is 15.3. The van der Waals surface area contributed by atoms with Gasteiger partial charge < -0.3 is 73.4 Å². The smallest absolute Gasteiger partial charge is 0.407 e. The van der Waals surface area contributed by atoms with E-state index in [0.29, 0.717) is 64.5 Å². The lowest BCUT2D eigenvalue weighted by Gasteiger charge is -2.26. The molecule has 6 atom stereocenters. The van der Waals surface area contributed by atoms with Crippen LogP contribution in [-0.4, -0.2) is 142 Å². The number of rotatable bonds is 38. The summed E-state index contributed by atoms with van der Waals surface area (Å²) in [6.07, 6.45) is 3.06. The van der Waals surface area contributed by atoms with Gasteiger partial charge in [-0.3, -0.25) is 48.3 Å². The highest BCUT2D eigenvalue weighted by Gasteiger charge is 2.34. The Morgan fingerprint density at radius 3 is 0.980 bits per heavy atom. The van der Waals surface area contributed by atoms with E-state index >= 15 is 0 Å². The van der Waals surface area contributed by atoms with E-state index in [4.69, 9.17) is 41.9 Å². The van der Waals surface area contributed by atoms with E-state index in [-0.39, 0.29) is 111 Å². The van der Waals surface area contributed by atoms with Gasteiger partial charge in [0.15, 0.2) is 23.5 Å². The Hall–Kier alpha value is -8.32. The topological polar surface area (TPSA) is 425 Å². The van der Waals surface area contributed by atoms with Gasteiger partial charge in [-0.15, -0.1) is 0 Å². The number of hydrogen-bond donors (Lipinski definition) is 10. The molecule has 2 aromatic rings. The van der Waals surface area contributed by atoms with Crippen molar-refractivity contribution in [2.45, 2.75) is 262 Å². The van der Waals surface area contributed by atoms with Crippen molar-refractivity contribution in [1.82, 2.24) is 21.3 Å². The van der Waals surface area contributed by atoms with Crippen LogP contribution in [0.15, 0.2) is 34.3 Å². The molecule has 0 aliphatic carbocycles. The number of carbonyl (C=O) groups excluding carboxylic acids is 10. The van der Waals surface area contributed by atoms with Gasteiger partial charge in [0.1, 0.15) is 45.5 Å². The highest BCUT2D eigenvalue weighted by molar-refractivity contribution is 5.95. The molecule has 0 aromatic heterocycles. The molecule has 0 radical (unpaired) electrons. The Bertz CT molecular complexity index is 2810. The fraction of sp³-hybridized carbons (Fsp3) is 0.667. The molecule has 14 N–H and O–H groups in total. The van der Waals surface area contributed by atoms with Crippen molar-refractivity contribution in [2.75, 3.05) is 26.2 Å². The van der Waals surface area contributed by atoms with Crippen LogP contribution in [0, 0.1) is 51.4 Å². The summed E-state index contributed by atoms with van der Waals surface area (Å²) in [6.45, 7) is 32.4. The number of Topliss-reactive ketones (excluding diaryl/α,β-unsaturated/α-hetero) is 4. The highest BCUT2D eigenvalue weighted by atomic mass is 16.6. The number of aromatic hydroxyl groups is 2. The van der Waals surface area contributed by atoms with Crippen molar-refractivity contribution in [3.05, 3.63) is 57.6 Å². The maximum Gasteiger partial charge on any atom is 0.407 e. The van der Waals surface area contributed by atoms with E-state index in [1.165, 1.54) is 13.8 Å². The van der Waals surface area contributed by atoms with E-state index in [1.807, 2.05) is 27.7 Å². The number of aryl methyl sites for hydroxylation is 4. The number of guanidine groups is 2. The first-order valence-corrected chi connectivity index (χ1v) is 33.9. The number of phenols is 2. The number of hydrogen-bond acceptors (Lipinski definition) is 18. The van der Waals surface area contributed by atoms with Gasteiger partial charge in [-0.1, -0.05) is 12.8 Å². The zero-order chi connectivity index (χ0) is 75.1. The molecule has 98 heavy (non-hydrogen) atoms. The van der Waals surface area contributed by atoms with Crippen molar-refractivity contribution >= 4 is 71.0 Å². The molecule has 0 aliphatic rings. The number of nitrogens with two attached hydrogens (primary N) is 4. The minimum Gasteiger partial charge on any atom is -0.508 e. The molecule has 0 heterocycles. The molecule has 0 fully saturated rings. The molecule has 6 unspecified atom stereocenters. The Kier molecular flexibility index (Phi) is 37.4. The van der Waals surface area contributed by atoms with E-state index in [0.717, 1.165) is 33.4 Å². The van der Waals surface area contributed by atoms with E-state index < -0.39 is 94.1 Å². The lowest BCUT2D eigenvalue weighted by molar-refractivity contribution is -0.158. The number of alkyl carbamates (subject to hydrolysis) is 2. The summed E-state index contributed by atoms with van der Waals surface area (Å²) < 4.78 is 21.4. The van der Waals surface area contributed by atoms with Gasteiger partial charge in [0.25, 0.3) is 0 Å². The van der Waals surface area contributed by atoms with Crippen LogP contribution < -0.4 is 44.2 Å². The number of nitrogens with zero attached hydrogens (tertiary/aromatic N) is 2. The molecule has 0 bridgehead atoms. The van der Waals surface area contributed by atoms with Crippen molar-refractivity contribution in [3.63, 3.8) is 0 Å². The fourth-order valence-corrected chi connectivity index (χ4v) is 10.7. The molecule has 552 valence electrons. The molecule has 26 heteroatoms. The Morgan fingerprint density at radius 1 is 0.429 bits per heavy atom. The zero-order valence-corrected chi connectivity index (χ0v) is 61.7. The maximum atomic E-state index is 13.9. The lowest BCUT2D eigenvalue weighted by atomic mass is 9.87. The second-order valence-electron chi connectivity index (χ2n) is 29.3. The maximum absolute atomic E-state index is 13.9. The minimum atomic E-state index is -1.01. The molecule has 4 amide bonds. The normalized spacial score (nSPS) is 13.4. The van der Waals surface area contributed by atoms with Gasteiger partial charge in [0.2, 0.25) is 11.8 Å². The molecular formula is C72H118N10O16. The van der Waals surface area contributed by atoms with Crippen molar-refractivity contribution in [3.8, 4) is 11.5 Å². The predicted octanol–water partition coefficient (Wildman–Crippen LogP) is 8.59. The van der Waals surface area contributed by atoms with Crippen molar-refractivity contribution in [1.29, 1.82) is 0 Å². The van der Waals surface area contributed by atoms with Gasteiger partial charge in [-0.25, -0.2) is 9.59 Å². The number of amides is 4.